The molecule has 2 saturated heterocycles. The largest absolute Gasteiger partial charge is 0.417 e. The molecule has 2 N–H and O–H groups in total. The molecule has 2 aliphatic heterocycles. The SMILES string of the molecule is CN1CCN(c2ccc(-c3cc(CN4CCOCC4)ccc3Cl)cc2NC(=O)c2c[nH]c(=O)cc2C(F)(F)F)CC1. The number of aromatic nitrogens is 1. The number of carbonyl (C=O) groups excluding carboxylic acids is 1. The summed E-state index contributed by atoms with van der Waals surface area (Å²) in [7, 11) is 2.02. The number of ether oxygens (including phenoxy) is 1. The fourth-order valence-corrected chi connectivity index (χ4v) is 5.35. The van der Waals surface area contributed by atoms with E-state index in [1.165, 1.54) is 0 Å². The van der Waals surface area contributed by atoms with Crippen molar-refractivity contribution in [3.05, 3.63) is 80.7 Å². The van der Waals surface area contributed by atoms with Crippen LogP contribution in [0.3, 0.4) is 0 Å². The molecule has 8 nitrogen and oxygen atoms in total. The number of amides is 1. The number of piperazine rings is 1. The van der Waals surface area contributed by atoms with Gasteiger partial charge in [0, 0.05) is 68.7 Å². The first-order valence-electron chi connectivity index (χ1n) is 13.4. The summed E-state index contributed by atoms with van der Waals surface area (Å²) in [4.78, 5) is 33.6. The highest BCUT2D eigenvalue weighted by Gasteiger charge is 2.36. The number of alkyl halides is 3. The second-order valence-electron chi connectivity index (χ2n) is 10.3. The summed E-state index contributed by atoms with van der Waals surface area (Å²) < 4.78 is 46.5. The summed E-state index contributed by atoms with van der Waals surface area (Å²) in [6.45, 7) is 6.71. The van der Waals surface area contributed by atoms with Crippen molar-refractivity contribution in [1.82, 2.24) is 14.8 Å². The summed E-state index contributed by atoms with van der Waals surface area (Å²) in [5, 5.41) is 3.21. The molecule has 12 heteroatoms. The number of benzene rings is 2. The Hall–Kier alpha value is -3.38. The van der Waals surface area contributed by atoms with E-state index in [9.17, 15) is 22.8 Å². The third kappa shape index (κ3) is 6.92. The Morgan fingerprint density at radius 3 is 2.46 bits per heavy atom. The number of aromatic amines is 1. The Bertz CT molecular complexity index is 1460. The van der Waals surface area contributed by atoms with E-state index in [1.807, 2.05) is 37.4 Å². The molecule has 0 unspecified atom stereocenters. The molecule has 41 heavy (non-hydrogen) atoms. The Morgan fingerprint density at radius 2 is 1.76 bits per heavy atom. The molecule has 218 valence electrons. The van der Waals surface area contributed by atoms with Gasteiger partial charge in [0.25, 0.3) is 5.91 Å². The number of rotatable bonds is 6. The van der Waals surface area contributed by atoms with Crippen molar-refractivity contribution in [3.8, 4) is 11.1 Å². The van der Waals surface area contributed by atoms with Crippen molar-refractivity contribution in [2.75, 3.05) is 69.7 Å². The van der Waals surface area contributed by atoms with Crippen molar-refractivity contribution >= 4 is 28.9 Å². The number of hydrogen-bond donors (Lipinski definition) is 2. The molecule has 5 rings (SSSR count). The fraction of sp³-hybridized carbons (Fsp3) is 0.379. The van der Waals surface area contributed by atoms with Gasteiger partial charge in [-0.1, -0.05) is 23.7 Å². The van der Waals surface area contributed by atoms with Crippen LogP contribution >= 0.6 is 11.6 Å². The number of likely N-dealkylation sites (N-methyl/N-ethyl adjacent to an activating group) is 1. The van der Waals surface area contributed by atoms with Gasteiger partial charge in [0.1, 0.15) is 0 Å². The molecule has 0 spiro atoms. The van der Waals surface area contributed by atoms with E-state index in [0.29, 0.717) is 54.3 Å². The molecule has 2 aromatic carbocycles. The zero-order valence-electron chi connectivity index (χ0n) is 22.6. The molecule has 1 aromatic heterocycles. The highest BCUT2D eigenvalue weighted by molar-refractivity contribution is 6.33. The Balaban J connectivity index is 1.51. The number of nitrogens with zero attached hydrogens (tertiary/aromatic N) is 3. The molecular formula is C29H31ClF3N5O3. The van der Waals surface area contributed by atoms with E-state index < -0.39 is 28.8 Å². The first-order valence-corrected chi connectivity index (χ1v) is 13.7. The molecular weight excluding hydrogens is 559 g/mol. The first-order chi connectivity index (χ1) is 19.6. The molecule has 1 amide bonds. The fourth-order valence-electron chi connectivity index (χ4n) is 5.12. The van der Waals surface area contributed by atoms with Crippen LogP contribution in [0.2, 0.25) is 5.02 Å². The number of pyridine rings is 1. The normalized spacial score (nSPS) is 17.0. The Morgan fingerprint density at radius 1 is 1.02 bits per heavy atom. The van der Waals surface area contributed by atoms with Crippen molar-refractivity contribution in [3.63, 3.8) is 0 Å². The van der Waals surface area contributed by atoms with Crippen LogP contribution in [0, 0.1) is 0 Å². The van der Waals surface area contributed by atoms with Crippen molar-refractivity contribution in [2.45, 2.75) is 12.7 Å². The van der Waals surface area contributed by atoms with Crippen LogP contribution in [-0.4, -0.2) is 80.2 Å². The van der Waals surface area contributed by atoms with Gasteiger partial charge in [0.2, 0.25) is 5.56 Å². The van der Waals surface area contributed by atoms with E-state index in [2.05, 4.69) is 25.0 Å². The smallest absolute Gasteiger partial charge is 0.379 e. The number of morpholine rings is 1. The predicted octanol–water partition coefficient (Wildman–Crippen LogP) is 4.55. The summed E-state index contributed by atoms with van der Waals surface area (Å²) in [5.41, 5.74) is 0.651. The zero-order valence-corrected chi connectivity index (χ0v) is 23.3. The first kappa shape index (κ1) is 29.1. The lowest BCUT2D eigenvalue weighted by molar-refractivity contribution is -0.138. The molecule has 0 aliphatic carbocycles. The lowest BCUT2D eigenvalue weighted by atomic mass is 10.0. The molecule has 3 aromatic rings. The molecule has 0 saturated carbocycles. The minimum atomic E-state index is -4.88. The summed E-state index contributed by atoms with van der Waals surface area (Å²) in [5.74, 6) is -0.978. The van der Waals surface area contributed by atoms with Gasteiger partial charge in [0.15, 0.2) is 0 Å². The minimum absolute atomic E-state index is 0.353. The van der Waals surface area contributed by atoms with E-state index in [0.717, 1.165) is 50.0 Å². The summed E-state index contributed by atoms with van der Waals surface area (Å²) in [6, 6.07) is 11.7. The molecule has 0 radical (unpaired) electrons. The maximum Gasteiger partial charge on any atom is 0.417 e. The maximum atomic E-state index is 13.7. The lowest BCUT2D eigenvalue weighted by Gasteiger charge is -2.35. The van der Waals surface area contributed by atoms with Gasteiger partial charge in [-0.05, 0) is 42.4 Å². The Kier molecular flexibility index (Phi) is 8.69. The topological polar surface area (TPSA) is 80.9 Å². The molecule has 2 fully saturated rings. The standard InChI is InChI=1S/C29H31ClF3N5O3/c1-36-6-8-38(9-7-36)26-5-3-20(21-14-19(2-4-24(21)30)18-37-10-12-41-13-11-37)15-25(26)35-28(40)22-17-34-27(39)16-23(22)29(31,32)33/h2-5,14-17H,6-13,18H2,1H3,(H,34,39)(H,35,40). The third-order valence-corrected chi connectivity index (χ3v) is 7.74. The molecule has 0 bridgehead atoms. The van der Waals surface area contributed by atoms with Crippen molar-refractivity contribution < 1.29 is 22.7 Å². The van der Waals surface area contributed by atoms with E-state index in [-0.39, 0.29) is 0 Å². The number of hydrogen-bond acceptors (Lipinski definition) is 6. The van der Waals surface area contributed by atoms with Crippen LogP contribution in [0.25, 0.3) is 11.1 Å². The highest BCUT2D eigenvalue weighted by atomic mass is 35.5. The van der Waals surface area contributed by atoms with Crippen LogP contribution in [0.5, 0.6) is 0 Å². The number of carbonyl (C=O) groups is 1. The monoisotopic (exact) mass is 589 g/mol. The minimum Gasteiger partial charge on any atom is -0.379 e. The van der Waals surface area contributed by atoms with E-state index in [4.69, 9.17) is 16.3 Å². The predicted molar refractivity (Wildman–Crippen MR) is 153 cm³/mol. The number of halogens is 4. The van der Waals surface area contributed by atoms with Crippen LogP contribution in [0.4, 0.5) is 24.5 Å². The van der Waals surface area contributed by atoms with Gasteiger partial charge < -0.3 is 24.8 Å². The van der Waals surface area contributed by atoms with Gasteiger partial charge in [-0.3, -0.25) is 14.5 Å². The van der Waals surface area contributed by atoms with Crippen LogP contribution in [0.1, 0.15) is 21.5 Å². The molecule has 3 heterocycles. The third-order valence-electron chi connectivity index (χ3n) is 7.41. The van der Waals surface area contributed by atoms with Gasteiger partial charge in [-0.15, -0.1) is 0 Å². The van der Waals surface area contributed by atoms with E-state index >= 15 is 0 Å². The van der Waals surface area contributed by atoms with Crippen LogP contribution in [-0.2, 0) is 17.5 Å². The number of nitrogens with one attached hydrogen (secondary N) is 2. The second-order valence-corrected chi connectivity index (χ2v) is 10.7. The molecule has 2 aliphatic rings. The second kappa shape index (κ2) is 12.2. The van der Waals surface area contributed by atoms with Gasteiger partial charge in [0.05, 0.1) is 35.7 Å². The highest BCUT2D eigenvalue weighted by Crippen LogP contribution is 2.37. The zero-order chi connectivity index (χ0) is 29.1. The van der Waals surface area contributed by atoms with Crippen molar-refractivity contribution in [1.29, 1.82) is 0 Å². The van der Waals surface area contributed by atoms with Crippen molar-refractivity contribution in [2.24, 2.45) is 0 Å². The number of anilines is 2. The number of H-pyrrole nitrogens is 1. The average molecular weight is 590 g/mol. The molecule has 0 atom stereocenters. The lowest BCUT2D eigenvalue weighted by Crippen LogP contribution is -2.44. The Labute approximate surface area is 240 Å². The summed E-state index contributed by atoms with van der Waals surface area (Å²) in [6.07, 6.45) is -4.08. The van der Waals surface area contributed by atoms with Gasteiger partial charge in [-0.2, -0.15) is 13.2 Å². The van der Waals surface area contributed by atoms with Gasteiger partial charge >= 0.3 is 6.18 Å². The van der Waals surface area contributed by atoms with Crippen LogP contribution in [0.15, 0.2) is 53.5 Å². The van der Waals surface area contributed by atoms with Gasteiger partial charge in [-0.25, -0.2) is 0 Å². The maximum absolute atomic E-state index is 13.7. The van der Waals surface area contributed by atoms with E-state index in [1.54, 1.807) is 6.07 Å². The summed E-state index contributed by atoms with van der Waals surface area (Å²) >= 11 is 6.62. The quantitative estimate of drug-likeness (QED) is 0.439. The average Bonchev–Trinajstić information content (AvgIpc) is 2.94. The van der Waals surface area contributed by atoms with Crippen LogP contribution < -0.4 is 15.8 Å².